The van der Waals surface area contributed by atoms with Crippen molar-refractivity contribution in [3.8, 4) is 0 Å². The molecule has 1 aromatic carbocycles. The summed E-state index contributed by atoms with van der Waals surface area (Å²) in [7, 11) is 0. The van der Waals surface area contributed by atoms with Crippen LogP contribution in [0.25, 0.3) is 0 Å². The molecule has 1 saturated heterocycles. The predicted molar refractivity (Wildman–Crippen MR) is 83.4 cm³/mol. The summed E-state index contributed by atoms with van der Waals surface area (Å²) >= 11 is 12.1. The lowest BCUT2D eigenvalue weighted by Crippen LogP contribution is -2.39. The lowest BCUT2D eigenvalue weighted by Gasteiger charge is -2.31. The summed E-state index contributed by atoms with van der Waals surface area (Å²) in [5.41, 5.74) is 0.427. The van der Waals surface area contributed by atoms with E-state index in [4.69, 9.17) is 27.7 Å². The second-order valence-electron chi connectivity index (χ2n) is 5.39. The molecule has 3 rings (SSSR count). The Balaban J connectivity index is 1.79. The minimum atomic E-state index is -0.117. The first-order chi connectivity index (χ1) is 10.5. The number of hydrogen-bond acceptors (Lipinski definition) is 4. The van der Waals surface area contributed by atoms with E-state index in [1.54, 1.807) is 30.0 Å². The van der Waals surface area contributed by atoms with Gasteiger partial charge in [0, 0.05) is 18.1 Å². The number of carbonyl (C=O) groups is 1. The molecule has 1 atom stereocenters. The minimum Gasteiger partial charge on any atom is -0.339 e. The van der Waals surface area contributed by atoms with Gasteiger partial charge in [-0.05, 0) is 38.0 Å². The summed E-state index contributed by atoms with van der Waals surface area (Å²) in [6.07, 6.45) is 1.81. The minimum absolute atomic E-state index is 0.0665. The van der Waals surface area contributed by atoms with Gasteiger partial charge in [0.05, 0.1) is 16.5 Å². The Labute approximate surface area is 138 Å². The monoisotopic (exact) mass is 339 g/mol. The third kappa shape index (κ3) is 3.10. The van der Waals surface area contributed by atoms with Gasteiger partial charge in [-0.3, -0.25) is 4.79 Å². The van der Waals surface area contributed by atoms with Crippen molar-refractivity contribution in [3.63, 3.8) is 0 Å². The van der Waals surface area contributed by atoms with Crippen LogP contribution >= 0.6 is 23.2 Å². The largest absolute Gasteiger partial charge is 0.339 e. The zero-order valence-electron chi connectivity index (χ0n) is 12.1. The van der Waals surface area contributed by atoms with Crippen LogP contribution in [0.3, 0.4) is 0 Å². The van der Waals surface area contributed by atoms with Crippen molar-refractivity contribution < 1.29 is 9.32 Å². The predicted octanol–water partition coefficient (Wildman–Crippen LogP) is 3.70. The highest BCUT2D eigenvalue weighted by molar-refractivity contribution is 6.35. The number of carbonyl (C=O) groups excluding carboxylic acids is 1. The molecule has 1 unspecified atom stereocenters. The molecule has 7 heteroatoms. The quantitative estimate of drug-likeness (QED) is 0.836. The number of piperidine rings is 1. The zero-order chi connectivity index (χ0) is 15.7. The summed E-state index contributed by atoms with van der Waals surface area (Å²) < 4.78 is 5.23. The molecule has 2 aromatic rings. The first-order valence-corrected chi connectivity index (χ1v) is 7.84. The Bertz CT molecular complexity index is 702. The van der Waals surface area contributed by atoms with Crippen LogP contribution in [-0.2, 0) is 0 Å². The fourth-order valence-electron chi connectivity index (χ4n) is 2.67. The molecule has 0 spiro atoms. The lowest BCUT2D eigenvalue weighted by atomic mass is 9.97. The number of hydrogen-bond donors (Lipinski definition) is 0. The fourth-order valence-corrected chi connectivity index (χ4v) is 3.04. The number of likely N-dealkylation sites (tertiary alicyclic amines) is 1. The van der Waals surface area contributed by atoms with Crippen molar-refractivity contribution in [1.29, 1.82) is 0 Å². The highest BCUT2D eigenvalue weighted by Gasteiger charge is 2.29. The molecule has 1 aliphatic heterocycles. The van der Waals surface area contributed by atoms with E-state index in [0.717, 1.165) is 12.8 Å². The van der Waals surface area contributed by atoms with E-state index in [1.807, 2.05) is 0 Å². The van der Waals surface area contributed by atoms with E-state index in [9.17, 15) is 4.79 Å². The van der Waals surface area contributed by atoms with Gasteiger partial charge >= 0.3 is 0 Å². The molecule has 1 aromatic heterocycles. The Kier molecular flexibility index (Phi) is 4.36. The van der Waals surface area contributed by atoms with Gasteiger partial charge in [0.1, 0.15) is 0 Å². The third-order valence-electron chi connectivity index (χ3n) is 3.76. The van der Waals surface area contributed by atoms with Crippen LogP contribution in [0, 0.1) is 6.92 Å². The molecule has 1 fully saturated rings. The molecule has 0 N–H and O–H groups in total. The molecule has 1 amide bonds. The van der Waals surface area contributed by atoms with E-state index < -0.39 is 0 Å². The number of benzene rings is 1. The number of nitrogens with zero attached hydrogens (tertiary/aromatic N) is 3. The van der Waals surface area contributed by atoms with E-state index in [2.05, 4.69) is 10.1 Å². The Hall–Kier alpha value is -1.59. The second-order valence-corrected chi connectivity index (χ2v) is 6.24. The van der Waals surface area contributed by atoms with E-state index in [-0.39, 0.29) is 11.8 Å². The molecular formula is C15H15Cl2N3O2. The summed E-state index contributed by atoms with van der Waals surface area (Å²) in [4.78, 5) is 18.7. The van der Waals surface area contributed by atoms with Gasteiger partial charge < -0.3 is 9.42 Å². The average Bonchev–Trinajstić information content (AvgIpc) is 2.96. The van der Waals surface area contributed by atoms with Crippen LogP contribution in [0.15, 0.2) is 22.7 Å². The number of rotatable bonds is 2. The summed E-state index contributed by atoms with van der Waals surface area (Å²) in [5, 5.41) is 4.72. The number of amides is 1. The van der Waals surface area contributed by atoms with Gasteiger partial charge in [-0.2, -0.15) is 4.98 Å². The highest BCUT2D eigenvalue weighted by Crippen LogP contribution is 2.28. The van der Waals surface area contributed by atoms with Crippen molar-refractivity contribution in [1.82, 2.24) is 15.0 Å². The van der Waals surface area contributed by atoms with Crippen LogP contribution in [0.1, 0.15) is 40.8 Å². The van der Waals surface area contributed by atoms with Gasteiger partial charge in [-0.25, -0.2) is 0 Å². The van der Waals surface area contributed by atoms with Gasteiger partial charge in [0.25, 0.3) is 5.91 Å². The molecule has 5 nitrogen and oxygen atoms in total. The van der Waals surface area contributed by atoms with Gasteiger partial charge in [-0.15, -0.1) is 0 Å². The summed E-state index contributed by atoms with van der Waals surface area (Å²) in [6, 6.07) is 4.91. The van der Waals surface area contributed by atoms with Crippen molar-refractivity contribution in [2.75, 3.05) is 13.1 Å². The zero-order valence-corrected chi connectivity index (χ0v) is 13.6. The number of aryl methyl sites for hydroxylation is 1. The SMILES string of the molecule is Cc1noc(C2CCCN(C(=O)c3cc(Cl)ccc3Cl)C2)n1. The van der Waals surface area contributed by atoms with Crippen LogP contribution in [0.2, 0.25) is 10.0 Å². The standard InChI is InChI=1S/C15H15Cl2N3O2/c1-9-18-14(22-19-9)10-3-2-6-20(8-10)15(21)12-7-11(16)4-5-13(12)17/h4-5,7,10H,2-3,6,8H2,1H3. The number of aromatic nitrogens is 2. The van der Waals surface area contributed by atoms with Crippen molar-refractivity contribution >= 4 is 29.1 Å². The van der Waals surface area contributed by atoms with E-state index in [1.165, 1.54) is 0 Å². The number of halogens is 2. The second kappa shape index (κ2) is 6.26. The van der Waals surface area contributed by atoms with E-state index in [0.29, 0.717) is 40.4 Å². The molecule has 0 bridgehead atoms. The van der Waals surface area contributed by atoms with Gasteiger partial charge in [0.15, 0.2) is 5.82 Å². The van der Waals surface area contributed by atoms with Crippen LogP contribution in [0.5, 0.6) is 0 Å². The molecule has 0 aliphatic carbocycles. The first kappa shape index (κ1) is 15.3. The molecule has 0 radical (unpaired) electrons. The average molecular weight is 340 g/mol. The molecule has 2 heterocycles. The molecule has 116 valence electrons. The molecule has 1 aliphatic rings. The Morgan fingerprint density at radius 3 is 2.95 bits per heavy atom. The summed E-state index contributed by atoms with van der Waals surface area (Å²) in [5.74, 6) is 1.15. The fraction of sp³-hybridized carbons (Fsp3) is 0.400. The van der Waals surface area contributed by atoms with Crippen molar-refractivity contribution in [2.24, 2.45) is 0 Å². The van der Waals surface area contributed by atoms with Gasteiger partial charge in [0.2, 0.25) is 5.89 Å². The van der Waals surface area contributed by atoms with Gasteiger partial charge in [-0.1, -0.05) is 28.4 Å². The maximum Gasteiger partial charge on any atom is 0.255 e. The normalized spacial score (nSPS) is 18.5. The smallest absolute Gasteiger partial charge is 0.255 e. The van der Waals surface area contributed by atoms with Crippen molar-refractivity contribution in [2.45, 2.75) is 25.7 Å². The highest BCUT2D eigenvalue weighted by atomic mass is 35.5. The van der Waals surface area contributed by atoms with Crippen LogP contribution in [0.4, 0.5) is 0 Å². The topological polar surface area (TPSA) is 59.2 Å². The van der Waals surface area contributed by atoms with E-state index >= 15 is 0 Å². The van der Waals surface area contributed by atoms with Crippen LogP contribution < -0.4 is 0 Å². The molecular weight excluding hydrogens is 325 g/mol. The lowest BCUT2D eigenvalue weighted by molar-refractivity contribution is 0.0696. The third-order valence-corrected chi connectivity index (χ3v) is 4.32. The molecule has 22 heavy (non-hydrogen) atoms. The Morgan fingerprint density at radius 1 is 1.41 bits per heavy atom. The van der Waals surface area contributed by atoms with Crippen LogP contribution in [-0.4, -0.2) is 34.0 Å². The Morgan fingerprint density at radius 2 is 2.23 bits per heavy atom. The maximum atomic E-state index is 12.7. The first-order valence-electron chi connectivity index (χ1n) is 7.09. The summed E-state index contributed by atoms with van der Waals surface area (Å²) in [6.45, 7) is 3.01. The van der Waals surface area contributed by atoms with Crippen molar-refractivity contribution in [3.05, 3.63) is 45.5 Å². The maximum absolute atomic E-state index is 12.7. The molecule has 0 saturated carbocycles.